The van der Waals surface area contributed by atoms with Gasteiger partial charge in [0.05, 0.1) is 26.6 Å². The molecule has 11 atom stereocenters. The van der Waals surface area contributed by atoms with Gasteiger partial charge in [-0.1, -0.05) is 4.98 Å². The number of fused-ring (bicyclic) bond motifs is 4. The van der Waals surface area contributed by atoms with Crippen molar-refractivity contribution in [1.82, 2.24) is 39.0 Å². The van der Waals surface area contributed by atoms with E-state index in [-0.39, 0.29) is 34.2 Å². The monoisotopic (exact) mass is 856 g/mol. The number of amides is 1. The molecule has 5 unspecified atom stereocenters. The summed E-state index contributed by atoms with van der Waals surface area (Å²) < 4.78 is 77.0. The third-order valence-corrected chi connectivity index (χ3v) is 13.4. The molecule has 0 aromatic carbocycles. The Morgan fingerprint density at radius 3 is 2.29 bits per heavy atom. The molecular formula is C24H33N11O18P3+. The van der Waals surface area contributed by atoms with Crippen LogP contribution in [0.1, 0.15) is 12.5 Å². The van der Waals surface area contributed by atoms with E-state index in [2.05, 4.69) is 38.1 Å². The minimum Gasteiger partial charge on any atom is -0.387 e. The molecular weight excluding hydrogens is 823 g/mol. The predicted molar refractivity (Wildman–Crippen MR) is 178 cm³/mol. The Bertz CT molecular complexity index is 2510. The summed E-state index contributed by atoms with van der Waals surface area (Å²) in [4.78, 5) is 86.5. The van der Waals surface area contributed by atoms with Gasteiger partial charge in [0.25, 0.3) is 23.0 Å². The summed E-state index contributed by atoms with van der Waals surface area (Å²) in [6, 6.07) is -0.962. The van der Waals surface area contributed by atoms with Crippen LogP contribution in [-0.2, 0) is 57.4 Å². The number of imidazole rings is 2. The number of aryl methyl sites for hydroxylation is 1. The van der Waals surface area contributed by atoms with Crippen LogP contribution < -0.4 is 27.2 Å². The molecule has 3 aliphatic heterocycles. The highest BCUT2D eigenvalue weighted by atomic mass is 31.3. The number of likely N-dealkylation sites (tertiary alicyclic amines) is 1. The Kier molecular flexibility index (Phi) is 9.92. The average Bonchev–Trinajstić information content (AvgIpc) is 3.85. The molecule has 11 N–H and O–H groups in total. The van der Waals surface area contributed by atoms with Gasteiger partial charge in [0, 0.05) is 14.2 Å². The lowest BCUT2D eigenvalue weighted by molar-refractivity contribution is -0.746. The maximum Gasteiger partial charge on any atom is 0.490 e. The summed E-state index contributed by atoms with van der Waals surface area (Å²) in [5.41, 5.74) is 7.56. The number of hydrogen-bond donors (Lipinski definition) is 9. The molecule has 1 amide bonds. The van der Waals surface area contributed by atoms with Gasteiger partial charge in [0.2, 0.25) is 23.3 Å². The number of rotatable bonds is 13. The van der Waals surface area contributed by atoms with Gasteiger partial charge in [-0.2, -0.15) is 13.6 Å². The normalized spacial score (nSPS) is 31.0. The Hall–Kier alpha value is -4.02. The molecule has 56 heavy (non-hydrogen) atoms. The lowest BCUT2D eigenvalue weighted by atomic mass is 9.99. The molecule has 0 radical (unpaired) electrons. The number of nitrogens with zero attached hydrogens (tertiary/aromatic N) is 7. The van der Waals surface area contributed by atoms with Crippen molar-refractivity contribution in [3.63, 3.8) is 0 Å². The molecule has 0 saturated carbocycles. The summed E-state index contributed by atoms with van der Waals surface area (Å²) in [6.45, 7) is -2.26. The van der Waals surface area contributed by atoms with E-state index in [1.165, 1.54) is 41.6 Å². The van der Waals surface area contributed by atoms with Crippen LogP contribution in [0.25, 0.3) is 22.3 Å². The molecule has 306 valence electrons. The van der Waals surface area contributed by atoms with Gasteiger partial charge in [-0.05, 0) is 0 Å². The first-order valence-corrected chi connectivity index (χ1v) is 20.2. The second-order valence-electron chi connectivity index (χ2n) is 12.7. The van der Waals surface area contributed by atoms with Crippen LogP contribution >= 0.6 is 23.5 Å². The maximum atomic E-state index is 13.4. The first-order valence-electron chi connectivity index (χ1n) is 15.8. The molecule has 3 saturated heterocycles. The zero-order chi connectivity index (χ0) is 40.9. The highest BCUT2D eigenvalue weighted by molar-refractivity contribution is 7.66. The van der Waals surface area contributed by atoms with Crippen molar-refractivity contribution in [1.29, 1.82) is 0 Å². The predicted octanol–water partition coefficient (Wildman–Crippen LogP) is -4.04. The van der Waals surface area contributed by atoms with Crippen LogP contribution in [0, 0.1) is 0 Å². The topological polar surface area (TPSA) is 407 Å². The number of aliphatic hydroxyl groups is 2. The lowest BCUT2D eigenvalue weighted by Crippen LogP contribution is -2.57. The van der Waals surface area contributed by atoms with Crippen LogP contribution in [-0.4, -0.2) is 133 Å². The summed E-state index contributed by atoms with van der Waals surface area (Å²) in [6.07, 6.45) is -6.66. The fraction of sp³-hybridized carbons (Fsp3) is 0.542. The molecule has 7 rings (SSSR count). The Balaban J connectivity index is 1.01. The number of anilines is 2. The number of carbonyl (C=O) groups is 1. The largest absolute Gasteiger partial charge is 0.490 e. The molecule has 2 bridgehead atoms. The molecule has 4 aromatic rings. The quantitative estimate of drug-likeness (QED) is 0.0456. The minimum atomic E-state index is -6.06. The van der Waals surface area contributed by atoms with Gasteiger partial charge in [-0.15, -0.1) is 0 Å². The smallest absolute Gasteiger partial charge is 0.387 e. The molecule has 7 heterocycles. The number of ether oxygens (including phenoxy) is 3. The zero-order valence-corrected chi connectivity index (χ0v) is 31.5. The van der Waals surface area contributed by atoms with Gasteiger partial charge in [0.1, 0.15) is 30.5 Å². The third-order valence-electron chi connectivity index (χ3n) is 9.16. The van der Waals surface area contributed by atoms with Crippen LogP contribution in [0.15, 0.2) is 22.2 Å². The Morgan fingerprint density at radius 2 is 1.61 bits per heavy atom. The molecule has 0 aliphatic carbocycles. The Morgan fingerprint density at radius 1 is 0.964 bits per heavy atom. The number of morpholine rings is 1. The summed E-state index contributed by atoms with van der Waals surface area (Å²) in [5.74, 6) is -1.35. The van der Waals surface area contributed by atoms with Crippen LogP contribution in [0.3, 0.4) is 0 Å². The number of nitrogens with two attached hydrogens (primary N) is 2. The average molecular weight is 857 g/mol. The molecule has 3 fully saturated rings. The minimum absolute atomic E-state index is 0.0424. The number of likely N-dealkylation sites (N-methyl/N-ethyl adjacent to an activating group) is 1. The molecule has 4 aromatic heterocycles. The summed E-state index contributed by atoms with van der Waals surface area (Å²) >= 11 is 0. The number of carbonyl (C=O) groups excluding carboxylic acids is 1. The first kappa shape index (κ1) is 40.2. The van der Waals surface area contributed by atoms with E-state index in [9.17, 15) is 53.0 Å². The van der Waals surface area contributed by atoms with E-state index in [4.69, 9.17) is 30.2 Å². The summed E-state index contributed by atoms with van der Waals surface area (Å²) in [5, 5.41) is 21.1. The van der Waals surface area contributed by atoms with E-state index in [1.807, 2.05) is 0 Å². The second kappa shape index (κ2) is 13.8. The van der Waals surface area contributed by atoms with Crippen molar-refractivity contribution in [3.8, 4) is 0 Å². The van der Waals surface area contributed by atoms with Gasteiger partial charge in [-0.3, -0.25) is 42.5 Å². The molecule has 29 nitrogen and oxygen atoms in total. The Labute approximate surface area is 310 Å². The van der Waals surface area contributed by atoms with E-state index >= 15 is 0 Å². The van der Waals surface area contributed by atoms with Gasteiger partial charge in [0.15, 0.2) is 23.7 Å². The molecule has 32 heteroatoms. The number of aromatic nitrogens is 8. The highest BCUT2D eigenvalue weighted by Gasteiger charge is 2.71. The van der Waals surface area contributed by atoms with E-state index in [0.717, 1.165) is 10.9 Å². The van der Waals surface area contributed by atoms with Crippen LogP contribution in [0.4, 0.5) is 11.9 Å². The first-order chi connectivity index (χ1) is 26.1. The van der Waals surface area contributed by atoms with Gasteiger partial charge >= 0.3 is 29.1 Å². The van der Waals surface area contributed by atoms with Crippen LogP contribution in [0.2, 0.25) is 0 Å². The van der Waals surface area contributed by atoms with E-state index in [0.29, 0.717) is 0 Å². The number of nitrogen functional groups attached to an aromatic ring is 2. The third kappa shape index (κ3) is 6.78. The SMILES string of the molecule is CO[C@@H]1C2[C@H]([n+]3cn(C)c4c(=O)[nH]c(N)nc43)O[C@@]1(COP(=O)(O)OP(=O)(O)OP(=O)(O)OC[C@H]1O[C@@H](n3cnc4c(=O)[nH]c(N)nc43)[C@@H](O)C1O)C(=O)N2C. The molecule has 3 aliphatic rings. The lowest BCUT2D eigenvalue weighted by Gasteiger charge is -2.33. The number of aromatic amines is 2. The fourth-order valence-electron chi connectivity index (χ4n) is 6.86. The maximum absolute atomic E-state index is 13.4. The highest BCUT2D eigenvalue weighted by Crippen LogP contribution is 2.68. The second-order valence-corrected chi connectivity index (χ2v) is 17.3. The van der Waals surface area contributed by atoms with Crippen molar-refractivity contribution in [2.45, 2.75) is 48.5 Å². The van der Waals surface area contributed by atoms with E-state index < -0.39 is 102 Å². The van der Waals surface area contributed by atoms with Crippen molar-refractivity contribution >= 4 is 63.6 Å². The standard InChI is InChI=1S/C24H32N11O18P3/c1-32-7-35(16-11(32)18(39)31-23(26)29-16)19-10-14(47-3)24(51-19,21(40)33(10)2)5-49-55(43,44)53-56(45,46)52-54(41,42)48-4-8-12(36)13(37)20(50-8)34-6-27-9-15(34)28-22(25)30-17(9)38/h6-8,10,12-14,19-20,36-37H,4-5H2,1-3H3,(H8-,25,26,28,29,30,31,38,39,41,42,43,44,45,46)/p+1/t8-,10?,12?,13+,14-,19-,20-,24-/m1/s1. The number of aliphatic hydroxyl groups excluding tert-OH is 2. The molecule has 0 spiro atoms. The van der Waals surface area contributed by atoms with Crippen molar-refractivity contribution in [3.05, 3.63) is 33.4 Å². The number of H-pyrrole nitrogens is 2. The number of methoxy groups -OCH3 is 1. The number of phosphoric acid groups is 3. The van der Waals surface area contributed by atoms with Gasteiger partial charge < -0.3 is 55.5 Å². The van der Waals surface area contributed by atoms with Gasteiger partial charge in [-0.25, -0.2) is 23.2 Å². The fourth-order valence-corrected chi connectivity index (χ4v) is 10.4. The van der Waals surface area contributed by atoms with Crippen molar-refractivity contribution < 1.29 is 79.8 Å². The zero-order valence-electron chi connectivity index (χ0n) is 28.8. The number of phosphoric ester groups is 2. The van der Waals surface area contributed by atoms with E-state index in [1.54, 1.807) is 0 Å². The number of nitrogens with one attached hydrogen (secondary N) is 2. The van der Waals surface area contributed by atoms with Crippen molar-refractivity contribution in [2.75, 3.05) is 38.8 Å². The number of hydrogen-bond acceptors (Lipinski definition) is 20. The summed E-state index contributed by atoms with van der Waals surface area (Å²) in [7, 11) is -13.5. The van der Waals surface area contributed by atoms with Crippen molar-refractivity contribution in [2.24, 2.45) is 7.05 Å². The van der Waals surface area contributed by atoms with Crippen LogP contribution in [0.5, 0.6) is 0 Å².